The van der Waals surface area contributed by atoms with Crippen molar-refractivity contribution >= 4 is 56.2 Å². The molecule has 1 aliphatic rings. The van der Waals surface area contributed by atoms with Crippen molar-refractivity contribution in [2.24, 2.45) is 5.73 Å². The van der Waals surface area contributed by atoms with Crippen LogP contribution in [-0.2, 0) is 14.3 Å². The molecule has 2 unspecified atom stereocenters. The molecular weight excluding hydrogens is 378 g/mol. The number of anilines is 1. The number of benzene rings is 1. The van der Waals surface area contributed by atoms with Crippen molar-refractivity contribution in [2.75, 3.05) is 18.2 Å². The van der Waals surface area contributed by atoms with E-state index in [0.29, 0.717) is 16.2 Å². The van der Waals surface area contributed by atoms with Crippen LogP contribution < -0.4 is 21.7 Å². The molecule has 1 saturated heterocycles. The van der Waals surface area contributed by atoms with Gasteiger partial charge in [-0.1, -0.05) is 11.3 Å². The molecule has 0 spiro atoms. The van der Waals surface area contributed by atoms with Crippen molar-refractivity contribution in [1.82, 2.24) is 15.6 Å². The highest BCUT2D eigenvalue weighted by Gasteiger charge is 2.24. The van der Waals surface area contributed by atoms with Crippen molar-refractivity contribution in [1.29, 1.82) is 0 Å². The number of esters is 1. The maximum Gasteiger partial charge on any atom is 0.337 e. The van der Waals surface area contributed by atoms with Crippen LogP contribution in [0.5, 0.6) is 0 Å². The number of carbonyl (C=O) groups excluding carboxylic acids is 3. The summed E-state index contributed by atoms with van der Waals surface area (Å²) in [6.07, 6.45) is -0.208. The van der Waals surface area contributed by atoms with Crippen LogP contribution >= 0.6 is 23.1 Å². The number of nitrogens with zero attached hydrogens (tertiary/aromatic N) is 1. The van der Waals surface area contributed by atoms with Crippen LogP contribution in [0, 0.1) is 0 Å². The minimum Gasteiger partial charge on any atom is -0.465 e. The van der Waals surface area contributed by atoms with Crippen LogP contribution in [0.4, 0.5) is 5.13 Å². The molecule has 1 aromatic carbocycles. The normalized spacial score (nSPS) is 19.8. The predicted octanol–water partition coefficient (Wildman–Crippen LogP) is 0.432. The Morgan fingerprint density at radius 3 is 3.04 bits per heavy atom. The molecule has 0 saturated carbocycles. The molecule has 5 N–H and O–H groups in total. The van der Waals surface area contributed by atoms with Crippen LogP contribution in [0.1, 0.15) is 16.8 Å². The zero-order chi connectivity index (χ0) is 18.7. The molecule has 3 rings (SSSR count). The number of aromatic nitrogens is 1. The number of nitrogens with one attached hydrogen (secondary N) is 3. The third-order valence-electron chi connectivity index (χ3n) is 3.50. The molecule has 2 aromatic rings. The van der Waals surface area contributed by atoms with E-state index in [1.807, 2.05) is 0 Å². The van der Waals surface area contributed by atoms with Crippen molar-refractivity contribution in [2.45, 2.75) is 18.1 Å². The number of fused-ring (bicyclic) bond motifs is 1. The fourth-order valence-corrected chi connectivity index (χ4v) is 4.12. The number of carbonyl (C=O) groups is 3. The van der Waals surface area contributed by atoms with E-state index in [-0.39, 0.29) is 24.0 Å². The third kappa shape index (κ3) is 4.49. The Hall–Kier alpha value is -2.21. The van der Waals surface area contributed by atoms with Crippen LogP contribution in [0.15, 0.2) is 18.2 Å². The molecule has 9 nitrogen and oxygen atoms in total. The first kappa shape index (κ1) is 18.6. The van der Waals surface area contributed by atoms with Gasteiger partial charge in [-0.25, -0.2) is 9.78 Å². The van der Waals surface area contributed by atoms with Crippen LogP contribution in [-0.4, -0.2) is 47.3 Å². The summed E-state index contributed by atoms with van der Waals surface area (Å²) in [6, 6.07) is 4.99. The van der Waals surface area contributed by atoms with E-state index in [9.17, 15) is 14.4 Å². The van der Waals surface area contributed by atoms with Gasteiger partial charge in [0.1, 0.15) is 5.50 Å². The average Bonchev–Trinajstić information content (AvgIpc) is 2.99. The Balaban J connectivity index is 1.58. The lowest BCUT2D eigenvalue weighted by molar-refractivity contribution is -0.123. The summed E-state index contributed by atoms with van der Waals surface area (Å²) in [5.74, 6) is -0.713. The highest BCUT2D eigenvalue weighted by Crippen LogP contribution is 2.27. The van der Waals surface area contributed by atoms with Gasteiger partial charge in [-0.2, -0.15) is 0 Å². The SMILES string of the molecule is COC(=O)c1ccc2nc(NC(=O)CSC3NC(=O)CC(N)N3)sc2c1. The Bertz CT molecular complexity index is 856. The van der Waals surface area contributed by atoms with E-state index in [0.717, 1.165) is 4.70 Å². The number of nitrogens with two attached hydrogens (primary N) is 1. The molecule has 11 heteroatoms. The van der Waals surface area contributed by atoms with Crippen LogP contribution in [0.2, 0.25) is 0 Å². The second-order valence-electron chi connectivity index (χ2n) is 5.48. The molecule has 2 atom stereocenters. The predicted molar refractivity (Wildman–Crippen MR) is 99.7 cm³/mol. The van der Waals surface area contributed by atoms with E-state index in [1.165, 1.54) is 30.2 Å². The number of hydrogen-bond acceptors (Lipinski definition) is 9. The molecule has 2 amide bonds. The second kappa shape index (κ2) is 7.99. The monoisotopic (exact) mass is 395 g/mol. The van der Waals surface area contributed by atoms with E-state index < -0.39 is 17.6 Å². The number of ether oxygens (including phenoxy) is 1. The summed E-state index contributed by atoms with van der Waals surface area (Å²) < 4.78 is 5.46. The van der Waals surface area contributed by atoms with Crippen molar-refractivity contribution in [3.05, 3.63) is 23.8 Å². The van der Waals surface area contributed by atoms with Crippen molar-refractivity contribution in [3.63, 3.8) is 0 Å². The summed E-state index contributed by atoms with van der Waals surface area (Å²) in [6.45, 7) is 0. The second-order valence-corrected chi connectivity index (χ2v) is 7.60. The highest BCUT2D eigenvalue weighted by atomic mass is 32.2. The average molecular weight is 395 g/mol. The summed E-state index contributed by atoms with van der Waals surface area (Å²) in [7, 11) is 1.32. The number of thioether (sulfide) groups is 1. The number of rotatable bonds is 5. The van der Waals surface area contributed by atoms with Crippen molar-refractivity contribution < 1.29 is 19.1 Å². The Morgan fingerprint density at radius 2 is 2.31 bits per heavy atom. The van der Waals surface area contributed by atoms with Crippen LogP contribution in [0.3, 0.4) is 0 Å². The maximum atomic E-state index is 12.1. The summed E-state index contributed by atoms with van der Waals surface area (Å²) in [4.78, 5) is 39.4. The molecule has 1 aromatic heterocycles. The lowest BCUT2D eigenvalue weighted by Crippen LogP contribution is -2.58. The molecule has 26 heavy (non-hydrogen) atoms. The van der Waals surface area contributed by atoms with Gasteiger partial charge in [-0.15, -0.1) is 11.8 Å². The summed E-state index contributed by atoms with van der Waals surface area (Å²) in [5, 5.41) is 8.84. The van der Waals surface area contributed by atoms with Gasteiger partial charge in [-0.3, -0.25) is 14.9 Å². The molecule has 0 aliphatic carbocycles. The quantitative estimate of drug-likeness (QED) is 0.535. The van der Waals surface area contributed by atoms with Gasteiger partial charge >= 0.3 is 5.97 Å². The number of hydrogen-bond donors (Lipinski definition) is 4. The number of thiazole rings is 1. The third-order valence-corrected chi connectivity index (χ3v) is 5.45. The highest BCUT2D eigenvalue weighted by molar-refractivity contribution is 8.00. The molecule has 2 heterocycles. The van der Waals surface area contributed by atoms with Gasteiger partial charge in [-0.05, 0) is 18.2 Å². The Morgan fingerprint density at radius 1 is 1.50 bits per heavy atom. The molecule has 1 aliphatic heterocycles. The first-order valence-corrected chi connectivity index (χ1v) is 9.52. The van der Waals surface area contributed by atoms with Gasteiger partial charge in [0, 0.05) is 0 Å². The molecule has 138 valence electrons. The molecule has 0 radical (unpaired) electrons. The van der Waals surface area contributed by atoms with E-state index >= 15 is 0 Å². The fraction of sp³-hybridized carbons (Fsp3) is 0.333. The zero-order valence-corrected chi connectivity index (χ0v) is 15.4. The minimum atomic E-state index is -0.428. The largest absolute Gasteiger partial charge is 0.465 e. The summed E-state index contributed by atoms with van der Waals surface area (Å²) in [5.41, 5.74) is 6.40. The topological polar surface area (TPSA) is 135 Å². The first-order valence-electron chi connectivity index (χ1n) is 7.66. The fourth-order valence-electron chi connectivity index (χ4n) is 2.33. The molecule has 0 bridgehead atoms. The van der Waals surface area contributed by atoms with Gasteiger partial charge in [0.2, 0.25) is 11.8 Å². The van der Waals surface area contributed by atoms with E-state index in [2.05, 4.69) is 25.7 Å². The molecular formula is C15H17N5O4S2. The molecule has 1 fully saturated rings. The lowest BCUT2D eigenvalue weighted by atomic mass is 10.2. The summed E-state index contributed by atoms with van der Waals surface area (Å²) >= 11 is 2.49. The zero-order valence-electron chi connectivity index (χ0n) is 13.8. The Kier molecular flexibility index (Phi) is 5.71. The van der Waals surface area contributed by atoms with Gasteiger partial charge in [0.05, 0.1) is 41.2 Å². The van der Waals surface area contributed by atoms with Gasteiger partial charge < -0.3 is 21.1 Å². The Labute approximate surface area is 157 Å². The number of amides is 2. The lowest BCUT2D eigenvalue weighted by Gasteiger charge is -2.28. The first-order chi connectivity index (χ1) is 12.4. The van der Waals surface area contributed by atoms with Gasteiger partial charge in [0.25, 0.3) is 0 Å². The standard InChI is InChI=1S/C15H17N5O4S2/c1-24-13(23)7-2-3-8-9(4-7)26-15(17-8)20-12(22)6-25-14-18-10(16)5-11(21)19-14/h2-4,10,14,18H,5-6,16H2,1H3,(H,19,21)(H,17,20,22). The minimum absolute atomic E-state index is 0.119. The number of methoxy groups -OCH3 is 1. The van der Waals surface area contributed by atoms with E-state index in [4.69, 9.17) is 5.73 Å². The maximum absolute atomic E-state index is 12.1. The van der Waals surface area contributed by atoms with Crippen molar-refractivity contribution in [3.8, 4) is 0 Å². The van der Waals surface area contributed by atoms with Crippen LogP contribution in [0.25, 0.3) is 10.2 Å². The van der Waals surface area contributed by atoms with Gasteiger partial charge in [0.15, 0.2) is 5.13 Å². The smallest absolute Gasteiger partial charge is 0.337 e. The van der Waals surface area contributed by atoms with E-state index in [1.54, 1.807) is 18.2 Å².